The number of carbonyl (C=O) groups is 1. The van der Waals surface area contributed by atoms with Crippen LogP contribution in [0.5, 0.6) is 0 Å². The Balaban J connectivity index is 2.30. The molecule has 0 saturated carbocycles. The van der Waals surface area contributed by atoms with E-state index in [1.807, 2.05) is 43.3 Å². The van der Waals surface area contributed by atoms with Crippen molar-refractivity contribution in [3.8, 4) is 11.4 Å². The predicted molar refractivity (Wildman–Crippen MR) is 87.0 cm³/mol. The van der Waals surface area contributed by atoms with Crippen LogP contribution in [-0.4, -0.2) is 20.6 Å². The first-order valence-electron chi connectivity index (χ1n) is 7.26. The van der Waals surface area contributed by atoms with Gasteiger partial charge in [0.2, 0.25) is 0 Å². The Hall–Kier alpha value is -2.62. The van der Waals surface area contributed by atoms with Crippen LogP contribution in [0.25, 0.3) is 22.4 Å². The van der Waals surface area contributed by atoms with E-state index in [2.05, 4.69) is 18.0 Å². The van der Waals surface area contributed by atoms with Crippen LogP contribution in [0.4, 0.5) is 0 Å². The van der Waals surface area contributed by atoms with Gasteiger partial charge in [-0.25, -0.2) is 9.78 Å². The third kappa shape index (κ3) is 2.26. The second-order valence-electron chi connectivity index (χ2n) is 5.61. The van der Waals surface area contributed by atoms with Crippen molar-refractivity contribution in [2.45, 2.75) is 26.8 Å². The molecule has 4 heteroatoms. The third-order valence-electron chi connectivity index (χ3n) is 4.11. The molecule has 1 N–H and O–H groups in total. The second kappa shape index (κ2) is 5.30. The summed E-state index contributed by atoms with van der Waals surface area (Å²) in [5.41, 5.74) is 4.96. The lowest BCUT2D eigenvalue weighted by Crippen LogP contribution is -2.16. The zero-order valence-electron chi connectivity index (χ0n) is 12.9. The highest BCUT2D eigenvalue weighted by Gasteiger charge is 2.21. The Morgan fingerprint density at radius 1 is 1.14 bits per heavy atom. The molecule has 3 rings (SSSR count). The number of benzene rings is 2. The highest BCUT2D eigenvalue weighted by molar-refractivity contribution is 5.84. The molecule has 22 heavy (non-hydrogen) atoms. The number of imidazole rings is 1. The maximum absolute atomic E-state index is 11.5. The van der Waals surface area contributed by atoms with E-state index in [0.717, 1.165) is 16.6 Å². The zero-order chi connectivity index (χ0) is 15.9. The van der Waals surface area contributed by atoms with Crippen molar-refractivity contribution in [3.63, 3.8) is 0 Å². The summed E-state index contributed by atoms with van der Waals surface area (Å²) in [5, 5.41) is 9.43. The monoisotopic (exact) mass is 294 g/mol. The molecular weight excluding hydrogens is 276 g/mol. The van der Waals surface area contributed by atoms with Crippen molar-refractivity contribution in [1.29, 1.82) is 0 Å². The van der Waals surface area contributed by atoms with Gasteiger partial charge in [-0.15, -0.1) is 0 Å². The van der Waals surface area contributed by atoms with Gasteiger partial charge in [0.1, 0.15) is 11.9 Å². The van der Waals surface area contributed by atoms with E-state index in [9.17, 15) is 9.90 Å². The van der Waals surface area contributed by atoms with E-state index in [1.165, 1.54) is 11.1 Å². The third-order valence-corrected chi connectivity index (χ3v) is 4.11. The first kappa shape index (κ1) is 14.3. The van der Waals surface area contributed by atoms with Crippen LogP contribution in [0, 0.1) is 13.8 Å². The summed E-state index contributed by atoms with van der Waals surface area (Å²) in [6.07, 6.45) is 0. The van der Waals surface area contributed by atoms with Gasteiger partial charge in [0.15, 0.2) is 0 Å². The van der Waals surface area contributed by atoms with Crippen LogP contribution in [0.1, 0.15) is 24.1 Å². The maximum Gasteiger partial charge on any atom is 0.326 e. The molecule has 0 aliphatic carbocycles. The smallest absolute Gasteiger partial charge is 0.326 e. The average molecular weight is 294 g/mol. The predicted octanol–water partition coefficient (Wildman–Crippen LogP) is 3.97. The van der Waals surface area contributed by atoms with Crippen molar-refractivity contribution in [1.82, 2.24) is 9.55 Å². The van der Waals surface area contributed by atoms with Gasteiger partial charge in [-0.05, 0) is 50.1 Å². The molecule has 0 aliphatic heterocycles. The summed E-state index contributed by atoms with van der Waals surface area (Å²) in [6.45, 7) is 5.79. The van der Waals surface area contributed by atoms with E-state index in [4.69, 9.17) is 0 Å². The number of nitrogens with zero attached hydrogens (tertiary/aromatic N) is 2. The van der Waals surface area contributed by atoms with Gasteiger partial charge < -0.3 is 9.67 Å². The topological polar surface area (TPSA) is 55.1 Å². The number of aliphatic carboxylic acids is 1. The minimum Gasteiger partial charge on any atom is -0.480 e. The van der Waals surface area contributed by atoms with E-state index < -0.39 is 12.0 Å². The van der Waals surface area contributed by atoms with Crippen LogP contribution >= 0.6 is 0 Å². The van der Waals surface area contributed by atoms with Crippen molar-refractivity contribution in [2.24, 2.45) is 0 Å². The molecule has 4 nitrogen and oxygen atoms in total. The van der Waals surface area contributed by atoms with Gasteiger partial charge in [-0.2, -0.15) is 0 Å². The molecule has 112 valence electrons. The highest BCUT2D eigenvalue weighted by Crippen LogP contribution is 2.29. The lowest BCUT2D eigenvalue weighted by Gasteiger charge is -2.14. The minimum absolute atomic E-state index is 0.677. The van der Waals surface area contributed by atoms with Gasteiger partial charge in [0, 0.05) is 5.56 Å². The van der Waals surface area contributed by atoms with E-state index in [0.29, 0.717) is 5.82 Å². The number of hydrogen-bond donors (Lipinski definition) is 1. The standard InChI is InChI=1S/C18H18N2O2/c1-11-8-9-14(10-12(11)2)17-19-15-6-4-5-7-16(15)20(17)13(3)18(21)22/h4-10,13H,1-3H3,(H,21,22). The molecule has 1 heterocycles. The maximum atomic E-state index is 11.5. The molecule has 0 saturated heterocycles. The number of para-hydroxylation sites is 2. The quantitative estimate of drug-likeness (QED) is 0.795. The van der Waals surface area contributed by atoms with Crippen LogP contribution in [0.3, 0.4) is 0 Å². The van der Waals surface area contributed by atoms with Gasteiger partial charge in [-0.1, -0.05) is 24.3 Å². The summed E-state index contributed by atoms with van der Waals surface area (Å²) < 4.78 is 1.79. The molecule has 3 aromatic rings. The van der Waals surface area contributed by atoms with Crippen LogP contribution in [-0.2, 0) is 4.79 Å². The largest absolute Gasteiger partial charge is 0.480 e. The SMILES string of the molecule is Cc1ccc(-c2nc3ccccc3n2C(C)C(=O)O)cc1C. The van der Waals surface area contributed by atoms with E-state index in [-0.39, 0.29) is 0 Å². The lowest BCUT2D eigenvalue weighted by atomic mass is 10.1. The van der Waals surface area contributed by atoms with Crippen LogP contribution in [0.15, 0.2) is 42.5 Å². The molecule has 0 radical (unpaired) electrons. The van der Waals surface area contributed by atoms with E-state index in [1.54, 1.807) is 11.5 Å². The highest BCUT2D eigenvalue weighted by atomic mass is 16.4. The molecule has 2 aromatic carbocycles. The van der Waals surface area contributed by atoms with Crippen LogP contribution in [0.2, 0.25) is 0 Å². The fourth-order valence-corrected chi connectivity index (χ4v) is 2.63. The minimum atomic E-state index is -0.867. The number of carboxylic acids is 1. The number of aryl methyl sites for hydroxylation is 2. The number of fused-ring (bicyclic) bond motifs is 1. The Morgan fingerprint density at radius 3 is 2.55 bits per heavy atom. The molecule has 0 spiro atoms. The molecule has 0 bridgehead atoms. The summed E-state index contributed by atoms with van der Waals surface area (Å²) >= 11 is 0. The number of hydrogen-bond acceptors (Lipinski definition) is 2. The summed E-state index contributed by atoms with van der Waals surface area (Å²) in [4.78, 5) is 16.2. The summed E-state index contributed by atoms with van der Waals surface area (Å²) in [7, 11) is 0. The molecule has 1 atom stereocenters. The van der Waals surface area contributed by atoms with E-state index >= 15 is 0 Å². The normalized spacial score (nSPS) is 12.5. The number of aromatic nitrogens is 2. The van der Waals surface area contributed by atoms with Crippen LogP contribution < -0.4 is 0 Å². The molecule has 0 aliphatic rings. The number of rotatable bonds is 3. The number of carboxylic acid groups (broad SMARTS) is 1. The molecule has 1 aromatic heterocycles. The van der Waals surface area contributed by atoms with Gasteiger partial charge in [0.05, 0.1) is 11.0 Å². The van der Waals surface area contributed by atoms with Crippen molar-refractivity contribution < 1.29 is 9.90 Å². The second-order valence-corrected chi connectivity index (χ2v) is 5.61. The van der Waals surface area contributed by atoms with Crippen molar-refractivity contribution in [2.75, 3.05) is 0 Å². The Morgan fingerprint density at radius 2 is 1.86 bits per heavy atom. The fraction of sp³-hybridized carbons (Fsp3) is 0.222. The average Bonchev–Trinajstić information content (AvgIpc) is 2.88. The molecule has 1 unspecified atom stereocenters. The lowest BCUT2D eigenvalue weighted by molar-refractivity contribution is -0.140. The van der Waals surface area contributed by atoms with Gasteiger partial charge in [-0.3, -0.25) is 0 Å². The first-order chi connectivity index (χ1) is 10.5. The Labute approximate surface area is 129 Å². The van der Waals surface area contributed by atoms with Crippen molar-refractivity contribution >= 4 is 17.0 Å². The zero-order valence-corrected chi connectivity index (χ0v) is 12.9. The molecular formula is C18H18N2O2. The summed E-state index contributed by atoms with van der Waals surface area (Å²) in [6, 6.07) is 13.0. The van der Waals surface area contributed by atoms with Gasteiger partial charge in [0.25, 0.3) is 0 Å². The fourth-order valence-electron chi connectivity index (χ4n) is 2.63. The van der Waals surface area contributed by atoms with Gasteiger partial charge >= 0.3 is 5.97 Å². The Kier molecular flexibility index (Phi) is 3.45. The first-order valence-corrected chi connectivity index (χ1v) is 7.26. The molecule has 0 fully saturated rings. The summed E-state index contributed by atoms with van der Waals surface area (Å²) in [5.74, 6) is -0.174. The Bertz CT molecular complexity index is 865. The van der Waals surface area contributed by atoms with Crippen molar-refractivity contribution in [3.05, 3.63) is 53.6 Å². The molecule has 0 amide bonds.